The van der Waals surface area contributed by atoms with E-state index in [1.807, 2.05) is 74.2 Å². The summed E-state index contributed by atoms with van der Waals surface area (Å²) in [4.78, 5) is 110. The Morgan fingerprint density at radius 1 is 0.388 bits per heavy atom. The third kappa shape index (κ3) is 16.2. The highest BCUT2D eigenvalue weighted by Gasteiger charge is 2.69. The fraction of sp³-hybridized carbons (Fsp3) is 0.542. The minimum Gasteiger partial charge on any atom is -0.497 e. The van der Waals surface area contributed by atoms with Gasteiger partial charge in [-0.05, 0) is 254 Å². The predicted octanol–water partition coefficient (Wildman–Crippen LogP) is 15.1. The molecule has 139 heavy (non-hydrogen) atoms. The van der Waals surface area contributed by atoms with Gasteiger partial charge in [-0.3, -0.25) is 38.6 Å². The smallest absolute Gasteiger partial charge is 0.410 e. The van der Waals surface area contributed by atoms with E-state index in [1.165, 1.54) is 72.8 Å². The largest absolute Gasteiger partial charge is 0.497 e. The average molecular weight is 1950 g/mol. The second-order valence-electron chi connectivity index (χ2n) is 44.1. The minimum atomic E-state index is -3.76. The molecule has 12 atom stereocenters. The first-order valence-electron chi connectivity index (χ1n) is 50.3. The van der Waals surface area contributed by atoms with Gasteiger partial charge in [0.1, 0.15) is 22.8 Å². The van der Waals surface area contributed by atoms with Crippen LogP contribution in [0.5, 0.6) is 17.2 Å². The highest BCUT2D eigenvalue weighted by molar-refractivity contribution is 7.89. The lowest BCUT2D eigenvalue weighted by Gasteiger charge is -2.37. The molecule has 12 heterocycles. The summed E-state index contributed by atoms with van der Waals surface area (Å²) in [6, 6.07) is 36.7. The summed E-state index contributed by atoms with van der Waals surface area (Å²) in [5.74, 6) is 2.19. The summed E-state index contributed by atoms with van der Waals surface area (Å²) < 4.78 is 108. The Balaban J connectivity index is 0.000000120. The van der Waals surface area contributed by atoms with Crippen LogP contribution in [0.2, 0.25) is 0 Å². The van der Waals surface area contributed by atoms with Gasteiger partial charge in [0.15, 0.2) is 0 Å². The van der Waals surface area contributed by atoms with Crippen molar-refractivity contribution in [1.29, 1.82) is 0 Å². The highest BCUT2D eigenvalue weighted by Crippen LogP contribution is 2.71. The van der Waals surface area contributed by atoms with Crippen LogP contribution in [0.25, 0.3) is 66.5 Å². The summed E-state index contributed by atoms with van der Waals surface area (Å²) in [5.41, 5.74) is 15.1. The van der Waals surface area contributed by atoms with E-state index in [2.05, 4.69) is 97.8 Å². The van der Waals surface area contributed by atoms with Crippen LogP contribution in [0.15, 0.2) is 109 Å². The van der Waals surface area contributed by atoms with E-state index in [-0.39, 0.29) is 71.3 Å². The Labute approximate surface area is 813 Å². The fourth-order valence-corrected chi connectivity index (χ4v) is 29.1. The van der Waals surface area contributed by atoms with Gasteiger partial charge in [-0.25, -0.2) is 44.2 Å². The topological polar surface area (TPSA) is 329 Å². The van der Waals surface area contributed by atoms with Gasteiger partial charge in [-0.2, -0.15) is 0 Å². The number of nitrogens with one attached hydrogen (secondary N) is 3. The standard InChI is InChI=1S/C38H46N4O7S.C35H42N4O5S.C34H40N4O5S/c1-37(2,3)49-36(45)41-20-24-16-25(41)19-40(24)35(44)38-18-30(38)29-17-26(48-4)12-14-27(29)33-32(22-9-7-6-8-10-22)28-13-11-23(15-31(28)42(33)21-38)34(43)39-50(5,46)47;1-4-37-18-24-15-23(37)19-38(24)34(41)35-17-29(35)28-16-25(44-2)11-13-26(28)32-31(21-8-6-5-7-9-21)27-12-10-22(14-30(27)39(32)20-35)33(40)36-45(3,42)43;1-36-17-23-14-22(36)18-37(23)33(40)34-16-28(34)27-15-24(43-2)10-12-25(27)31-30(20-7-5-4-6-8-20)26-11-9-21(13-29(26)38(31)19-34)32(39)35-44(3,41)42/h11-15,17,22,24-25,30H,6-10,16,18-21H2,1-5H3,(H,39,43);10-14,16,21,23-24,29H,4-9,15,17-20H2,1-3H3,(H,36,40);9-13,15,20,22-23,28H,4-8,14,16-19H2,1-3H3,(H,35,39)/t24-,25-,30?,38?;23-,24-,29?,35?;22-,23-,28?,34?/m110/s1. The van der Waals surface area contributed by atoms with Gasteiger partial charge in [0.25, 0.3) is 17.7 Å². The lowest BCUT2D eigenvalue weighted by molar-refractivity contribution is -0.140. The second-order valence-corrected chi connectivity index (χ2v) is 49.4. The normalized spacial score (nSPS) is 27.0. The van der Waals surface area contributed by atoms with Gasteiger partial charge in [-0.15, -0.1) is 0 Å². The van der Waals surface area contributed by atoms with Crippen LogP contribution in [0.3, 0.4) is 0 Å². The molecule has 6 bridgehead atoms. The van der Waals surface area contributed by atoms with E-state index in [4.69, 9.17) is 18.9 Å². The Morgan fingerprint density at radius 2 is 0.698 bits per heavy atom. The van der Waals surface area contributed by atoms with Crippen LogP contribution in [0.1, 0.15) is 262 Å². The molecule has 15 aliphatic rings. The van der Waals surface area contributed by atoms with Crippen LogP contribution in [-0.4, -0.2) is 245 Å². The number of likely N-dealkylation sites (tertiary alicyclic amines) is 6. The van der Waals surface area contributed by atoms with Gasteiger partial charge in [0.2, 0.25) is 47.8 Å². The van der Waals surface area contributed by atoms with E-state index in [1.54, 1.807) is 50.5 Å². The number of amides is 7. The summed E-state index contributed by atoms with van der Waals surface area (Å²) in [5, 5.41) is 3.22. The van der Waals surface area contributed by atoms with E-state index in [0.29, 0.717) is 80.1 Å². The molecular formula is C107H128N12O17S3. The molecule has 9 aromatic rings. The number of fused-ring (bicyclic) bond motifs is 27. The Kier molecular flexibility index (Phi) is 23.0. The van der Waals surface area contributed by atoms with Gasteiger partial charge in [0.05, 0.1) is 85.5 Å². The van der Waals surface area contributed by atoms with Crippen molar-refractivity contribution < 1.29 is 77.8 Å². The van der Waals surface area contributed by atoms with Crippen molar-refractivity contribution in [3.05, 3.63) is 159 Å². The zero-order valence-electron chi connectivity index (χ0n) is 81.4. The number of ether oxygens (including phenoxy) is 4. The van der Waals surface area contributed by atoms with Crippen LogP contribution in [0.4, 0.5) is 4.79 Å². The maximum absolute atomic E-state index is 15.0. The summed E-state index contributed by atoms with van der Waals surface area (Å²) >= 11 is 0. The molecule has 6 saturated heterocycles. The molecule has 29 nitrogen and oxygen atoms in total. The first-order valence-corrected chi connectivity index (χ1v) is 56.0. The second kappa shape index (κ2) is 34.3. The molecule has 0 radical (unpaired) electrons. The molecule has 6 aromatic carbocycles. The van der Waals surface area contributed by atoms with Crippen LogP contribution in [-0.2, 0) is 68.8 Å². The lowest BCUT2D eigenvalue weighted by Crippen LogP contribution is -2.53. The minimum absolute atomic E-state index is 0.0212. The van der Waals surface area contributed by atoms with Crippen molar-refractivity contribution in [1.82, 2.24) is 57.3 Å². The van der Waals surface area contributed by atoms with Crippen molar-refractivity contribution in [3.63, 3.8) is 0 Å². The molecule has 6 unspecified atom stereocenters. The SMILES string of the molecule is CCN1C[C@H]2C[C@@H]1CN2C(=O)C12CC1c1cc(OC)ccc1-c1c(C3CCCCC3)c3ccc(C(=O)NS(C)(=O)=O)cc3n1C2.COc1ccc2c(c1)C1CC1(C(=O)N1C[C@@H]3C[C@H]1CN3C)Cn1c-2c(C2CCCCC2)c2ccc(C(=O)NS(C)(=O)=O)cc21.COc1ccc2c(c1)C1CC1(C(=O)N1C[C@H]3C[C@@H]1CN3C(=O)OC(C)(C)C)Cn1c-2c(C2CCCCC2)c2ccc(C(=O)NS(C)(=O)=O)cc21. The zero-order chi connectivity index (χ0) is 97.1. The molecule has 24 rings (SSSR count). The molecule has 32 heteroatoms. The Hall–Kier alpha value is -10.8. The number of benzene rings is 6. The number of piperazine rings is 3. The van der Waals surface area contributed by atoms with E-state index in [0.717, 1.165) is 224 Å². The van der Waals surface area contributed by atoms with Crippen molar-refractivity contribution in [3.8, 4) is 51.0 Å². The number of likely N-dealkylation sites (N-methyl/N-ethyl adjacent to an activating group) is 2. The lowest BCUT2D eigenvalue weighted by atomic mass is 9.81. The number of hydrogen-bond donors (Lipinski definition) is 3. The van der Waals surface area contributed by atoms with E-state index in [9.17, 15) is 58.8 Å². The molecule has 12 fully saturated rings. The molecule has 9 aliphatic heterocycles. The number of nitrogens with zero attached hydrogens (tertiary/aromatic N) is 9. The van der Waals surface area contributed by atoms with Gasteiger partial charge >= 0.3 is 6.09 Å². The van der Waals surface area contributed by atoms with Crippen LogP contribution < -0.4 is 28.4 Å². The molecule has 7 amide bonds. The molecular weight excluding hydrogens is 1820 g/mol. The average Bonchev–Trinajstić information content (AvgIpc) is 1.52. The van der Waals surface area contributed by atoms with Crippen molar-refractivity contribution in [2.75, 3.05) is 93.0 Å². The maximum Gasteiger partial charge on any atom is 0.410 e. The van der Waals surface area contributed by atoms with Crippen LogP contribution >= 0.6 is 0 Å². The molecule has 736 valence electrons. The quantitative estimate of drug-likeness (QED) is 0.0809. The van der Waals surface area contributed by atoms with Gasteiger partial charge in [-0.1, -0.05) is 82.9 Å². The molecule has 0 spiro atoms. The van der Waals surface area contributed by atoms with Crippen LogP contribution in [0, 0.1) is 16.2 Å². The number of carbonyl (C=O) groups is 7. The third-order valence-electron chi connectivity index (χ3n) is 34.4. The molecule has 6 saturated carbocycles. The summed E-state index contributed by atoms with van der Waals surface area (Å²) in [6.45, 7) is 14.7. The fourth-order valence-electron chi connectivity index (χ4n) is 27.8. The highest BCUT2D eigenvalue weighted by atomic mass is 32.2. The number of rotatable bonds is 16. The monoisotopic (exact) mass is 1950 g/mol. The molecule has 3 N–H and O–H groups in total. The summed E-state index contributed by atoms with van der Waals surface area (Å²) in [7, 11) is -4.01. The molecule has 3 aromatic heterocycles. The van der Waals surface area contributed by atoms with Gasteiger partial charge in [0, 0.05) is 167 Å². The van der Waals surface area contributed by atoms with Crippen molar-refractivity contribution >= 4 is 104 Å². The Morgan fingerprint density at radius 3 is 0.986 bits per heavy atom. The van der Waals surface area contributed by atoms with Crippen molar-refractivity contribution in [2.24, 2.45) is 16.2 Å². The predicted molar refractivity (Wildman–Crippen MR) is 530 cm³/mol. The third-order valence-corrected chi connectivity index (χ3v) is 36.1. The van der Waals surface area contributed by atoms with Crippen molar-refractivity contribution in [2.45, 2.75) is 260 Å². The first-order chi connectivity index (χ1) is 66.4. The summed E-state index contributed by atoms with van der Waals surface area (Å²) in [6.07, 6.45) is 24.9. The number of hydrogen-bond acceptors (Lipinski definition) is 19. The van der Waals surface area contributed by atoms with E-state index < -0.39 is 69.6 Å². The van der Waals surface area contributed by atoms with Gasteiger partial charge < -0.3 is 52.2 Å². The van der Waals surface area contributed by atoms with E-state index >= 15 is 0 Å². The first kappa shape index (κ1) is 93.2. The molecule has 6 aliphatic carbocycles. The number of methoxy groups -OCH3 is 3. The number of aromatic nitrogens is 3. The zero-order valence-corrected chi connectivity index (χ0v) is 83.9. The number of carbonyl (C=O) groups excluding carboxylic acids is 7. The number of sulfonamides is 3. The maximum atomic E-state index is 15.0. The Bertz CT molecular complexity index is 7020.